The molecule has 0 fully saturated rings. The molecule has 0 spiro atoms. The standard InChI is InChI=1S/C12H18O3/c1-9-7-10(5-4-6-13)12(15-3)11(8-9)14-2/h7-8,13H,4-6H2,1-3H3. The highest BCUT2D eigenvalue weighted by atomic mass is 16.5. The zero-order chi connectivity index (χ0) is 11.3. The third-order valence-corrected chi connectivity index (χ3v) is 2.30. The molecule has 3 nitrogen and oxygen atoms in total. The first kappa shape index (κ1) is 11.9. The number of aryl methyl sites for hydroxylation is 2. The van der Waals surface area contributed by atoms with E-state index < -0.39 is 0 Å². The highest BCUT2D eigenvalue weighted by Crippen LogP contribution is 2.33. The van der Waals surface area contributed by atoms with Crippen LogP contribution < -0.4 is 9.47 Å². The van der Waals surface area contributed by atoms with Crippen LogP contribution in [0.4, 0.5) is 0 Å². The van der Waals surface area contributed by atoms with Gasteiger partial charge in [0.15, 0.2) is 11.5 Å². The molecule has 0 unspecified atom stereocenters. The van der Waals surface area contributed by atoms with Gasteiger partial charge in [-0.3, -0.25) is 0 Å². The fourth-order valence-corrected chi connectivity index (χ4v) is 1.65. The second kappa shape index (κ2) is 5.61. The lowest BCUT2D eigenvalue weighted by atomic mass is 10.0. The lowest BCUT2D eigenvalue weighted by Crippen LogP contribution is -1.98. The van der Waals surface area contributed by atoms with Gasteiger partial charge in [0.25, 0.3) is 0 Å². The van der Waals surface area contributed by atoms with E-state index in [2.05, 4.69) is 6.07 Å². The summed E-state index contributed by atoms with van der Waals surface area (Å²) < 4.78 is 10.6. The van der Waals surface area contributed by atoms with Crippen molar-refractivity contribution in [1.82, 2.24) is 0 Å². The van der Waals surface area contributed by atoms with Crippen molar-refractivity contribution in [2.75, 3.05) is 20.8 Å². The quantitative estimate of drug-likeness (QED) is 0.807. The summed E-state index contributed by atoms with van der Waals surface area (Å²) in [5.41, 5.74) is 2.23. The van der Waals surface area contributed by atoms with Crippen molar-refractivity contribution in [1.29, 1.82) is 0 Å². The molecule has 0 saturated heterocycles. The van der Waals surface area contributed by atoms with Crippen molar-refractivity contribution in [3.63, 3.8) is 0 Å². The number of aliphatic hydroxyl groups excluding tert-OH is 1. The van der Waals surface area contributed by atoms with Crippen LogP contribution in [0, 0.1) is 6.92 Å². The van der Waals surface area contributed by atoms with Crippen molar-refractivity contribution < 1.29 is 14.6 Å². The monoisotopic (exact) mass is 210 g/mol. The van der Waals surface area contributed by atoms with Crippen LogP contribution in [0.25, 0.3) is 0 Å². The van der Waals surface area contributed by atoms with E-state index in [1.165, 1.54) is 0 Å². The predicted molar refractivity (Wildman–Crippen MR) is 59.7 cm³/mol. The maximum absolute atomic E-state index is 8.81. The van der Waals surface area contributed by atoms with Gasteiger partial charge in [-0.25, -0.2) is 0 Å². The highest BCUT2D eigenvalue weighted by molar-refractivity contribution is 5.49. The van der Waals surface area contributed by atoms with E-state index >= 15 is 0 Å². The first-order chi connectivity index (χ1) is 7.22. The van der Waals surface area contributed by atoms with Crippen LogP contribution >= 0.6 is 0 Å². The minimum atomic E-state index is 0.194. The van der Waals surface area contributed by atoms with Gasteiger partial charge in [0.2, 0.25) is 0 Å². The topological polar surface area (TPSA) is 38.7 Å². The first-order valence-corrected chi connectivity index (χ1v) is 5.05. The van der Waals surface area contributed by atoms with Crippen LogP contribution in [-0.4, -0.2) is 25.9 Å². The fraction of sp³-hybridized carbons (Fsp3) is 0.500. The molecule has 84 valence electrons. The van der Waals surface area contributed by atoms with E-state index in [0.29, 0.717) is 0 Å². The molecular weight excluding hydrogens is 192 g/mol. The molecule has 0 aromatic heterocycles. The number of hydrogen-bond acceptors (Lipinski definition) is 3. The van der Waals surface area contributed by atoms with Crippen LogP contribution in [0.5, 0.6) is 11.5 Å². The minimum Gasteiger partial charge on any atom is -0.493 e. The van der Waals surface area contributed by atoms with Crippen molar-refractivity contribution >= 4 is 0 Å². The zero-order valence-electron chi connectivity index (χ0n) is 9.54. The Balaban J connectivity index is 3.05. The summed E-state index contributed by atoms with van der Waals surface area (Å²) in [4.78, 5) is 0. The van der Waals surface area contributed by atoms with Crippen LogP contribution in [-0.2, 0) is 6.42 Å². The van der Waals surface area contributed by atoms with E-state index in [1.807, 2.05) is 13.0 Å². The molecule has 0 radical (unpaired) electrons. The summed E-state index contributed by atoms with van der Waals surface area (Å²) in [5.74, 6) is 1.53. The Bertz CT molecular complexity index is 321. The summed E-state index contributed by atoms with van der Waals surface area (Å²) >= 11 is 0. The Kier molecular flexibility index (Phi) is 4.43. The van der Waals surface area contributed by atoms with Crippen LogP contribution in [0.15, 0.2) is 12.1 Å². The molecule has 0 heterocycles. The Labute approximate surface area is 90.6 Å². The van der Waals surface area contributed by atoms with Crippen LogP contribution in [0.2, 0.25) is 0 Å². The Morgan fingerprint density at radius 3 is 2.47 bits per heavy atom. The molecule has 0 amide bonds. The van der Waals surface area contributed by atoms with Gasteiger partial charge in [-0.2, -0.15) is 0 Å². The van der Waals surface area contributed by atoms with Crippen molar-refractivity contribution in [3.05, 3.63) is 23.3 Å². The number of ether oxygens (including phenoxy) is 2. The lowest BCUT2D eigenvalue weighted by Gasteiger charge is -2.13. The number of hydrogen-bond donors (Lipinski definition) is 1. The van der Waals surface area contributed by atoms with Crippen LogP contribution in [0.3, 0.4) is 0 Å². The summed E-state index contributed by atoms with van der Waals surface area (Å²) in [7, 11) is 3.27. The number of benzene rings is 1. The average Bonchev–Trinajstić information content (AvgIpc) is 2.25. The van der Waals surface area contributed by atoms with Crippen molar-refractivity contribution in [2.24, 2.45) is 0 Å². The van der Waals surface area contributed by atoms with Gasteiger partial charge < -0.3 is 14.6 Å². The summed E-state index contributed by atoms with van der Waals surface area (Å²) in [6.07, 6.45) is 1.54. The van der Waals surface area contributed by atoms with E-state index in [4.69, 9.17) is 14.6 Å². The number of aliphatic hydroxyl groups is 1. The molecule has 0 aliphatic rings. The second-order valence-corrected chi connectivity index (χ2v) is 3.49. The average molecular weight is 210 g/mol. The molecule has 0 atom stereocenters. The van der Waals surface area contributed by atoms with E-state index in [0.717, 1.165) is 35.5 Å². The SMILES string of the molecule is COc1cc(C)cc(CCCO)c1OC. The molecule has 0 aliphatic heterocycles. The smallest absolute Gasteiger partial charge is 0.163 e. The maximum Gasteiger partial charge on any atom is 0.163 e. The third-order valence-electron chi connectivity index (χ3n) is 2.30. The molecule has 1 aromatic carbocycles. The van der Waals surface area contributed by atoms with E-state index in [9.17, 15) is 0 Å². The zero-order valence-corrected chi connectivity index (χ0v) is 9.54. The van der Waals surface area contributed by atoms with Gasteiger partial charge in [-0.15, -0.1) is 0 Å². The Morgan fingerprint density at radius 2 is 1.93 bits per heavy atom. The van der Waals surface area contributed by atoms with E-state index in [-0.39, 0.29) is 6.61 Å². The predicted octanol–water partition coefficient (Wildman–Crippen LogP) is 1.94. The summed E-state index contributed by atoms with van der Waals surface area (Å²) in [5, 5.41) is 8.81. The second-order valence-electron chi connectivity index (χ2n) is 3.49. The van der Waals surface area contributed by atoms with Crippen molar-refractivity contribution in [3.8, 4) is 11.5 Å². The Hall–Kier alpha value is -1.22. The third kappa shape index (κ3) is 2.86. The lowest BCUT2D eigenvalue weighted by molar-refractivity contribution is 0.287. The number of methoxy groups -OCH3 is 2. The minimum absolute atomic E-state index is 0.194. The normalized spacial score (nSPS) is 10.1. The van der Waals surface area contributed by atoms with Gasteiger partial charge in [-0.05, 0) is 37.0 Å². The van der Waals surface area contributed by atoms with Gasteiger partial charge >= 0.3 is 0 Å². The molecule has 15 heavy (non-hydrogen) atoms. The molecule has 0 bridgehead atoms. The van der Waals surface area contributed by atoms with E-state index in [1.54, 1.807) is 14.2 Å². The van der Waals surface area contributed by atoms with Crippen LogP contribution in [0.1, 0.15) is 17.5 Å². The maximum atomic E-state index is 8.81. The molecule has 3 heteroatoms. The molecule has 0 aliphatic carbocycles. The van der Waals surface area contributed by atoms with Gasteiger partial charge in [-0.1, -0.05) is 6.07 Å². The van der Waals surface area contributed by atoms with Gasteiger partial charge in [0.1, 0.15) is 0 Å². The molecule has 1 aromatic rings. The van der Waals surface area contributed by atoms with Gasteiger partial charge in [0.05, 0.1) is 14.2 Å². The summed E-state index contributed by atoms with van der Waals surface area (Å²) in [6, 6.07) is 4.01. The first-order valence-electron chi connectivity index (χ1n) is 5.05. The van der Waals surface area contributed by atoms with Gasteiger partial charge in [0, 0.05) is 6.61 Å². The summed E-state index contributed by atoms with van der Waals surface area (Å²) in [6.45, 7) is 2.21. The largest absolute Gasteiger partial charge is 0.493 e. The molecular formula is C12H18O3. The molecule has 1 rings (SSSR count). The highest BCUT2D eigenvalue weighted by Gasteiger charge is 2.10. The fourth-order valence-electron chi connectivity index (χ4n) is 1.65. The number of rotatable bonds is 5. The Morgan fingerprint density at radius 1 is 1.20 bits per heavy atom. The van der Waals surface area contributed by atoms with Crippen molar-refractivity contribution in [2.45, 2.75) is 19.8 Å². The molecule has 0 saturated carbocycles. The molecule has 1 N–H and O–H groups in total.